The molecule has 4 heterocycles. The van der Waals surface area contributed by atoms with Crippen molar-refractivity contribution in [3.8, 4) is 0 Å². The van der Waals surface area contributed by atoms with Crippen LogP contribution in [0.3, 0.4) is 0 Å². The lowest BCUT2D eigenvalue weighted by Crippen LogP contribution is -2.27. The second kappa shape index (κ2) is 5.96. The lowest BCUT2D eigenvalue weighted by molar-refractivity contribution is 0.559. The molecule has 1 fully saturated rings. The van der Waals surface area contributed by atoms with Crippen LogP contribution >= 0.6 is 11.6 Å². The van der Waals surface area contributed by atoms with E-state index in [-0.39, 0.29) is 16.6 Å². The van der Waals surface area contributed by atoms with Crippen LogP contribution in [0.25, 0.3) is 0 Å². The Bertz CT molecular complexity index is 770. The molecule has 0 amide bonds. The van der Waals surface area contributed by atoms with E-state index in [4.69, 9.17) is 11.6 Å². The molecule has 0 bridgehead atoms. The minimum atomic E-state index is -0.352. The van der Waals surface area contributed by atoms with Gasteiger partial charge in [-0.2, -0.15) is 5.10 Å². The predicted octanol–water partition coefficient (Wildman–Crippen LogP) is 2.08. The molecule has 2 aromatic heterocycles. The van der Waals surface area contributed by atoms with Gasteiger partial charge in [0.15, 0.2) is 5.82 Å². The lowest BCUT2D eigenvalue weighted by Gasteiger charge is -2.26. The van der Waals surface area contributed by atoms with Crippen LogP contribution in [0.5, 0.6) is 0 Å². The Hall–Kier alpha value is -1.89. The first-order valence-corrected chi connectivity index (χ1v) is 8.55. The fraction of sp³-hybridized carbons (Fsp3) is 0.600. The van der Waals surface area contributed by atoms with Crippen molar-refractivity contribution < 1.29 is 0 Å². The highest BCUT2D eigenvalue weighted by Gasteiger charge is 2.33. The van der Waals surface area contributed by atoms with E-state index in [0.29, 0.717) is 5.69 Å². The van der Waals surface area contributed by atoms with Crippen molar-refractivity contribution in [3.63, 3.8) is 0 Å². The third-order valence-corrected chi connectivity index (χ3v) is 5.14. The highest BCUT2D eigenvalue weighted by Crippen LogP contribution is 2.37. The number of nitrogens with one attached hydrogen (secondary N) is 1. The maximum atomic E-state index is 11.8. The maximum absolute atomic E-state index is 11.8. The van der Waals surface area contributed by atoms with E-state index >= 15 is 0 Å². The van der Waals surface area contributed by atoms with Gasteiger partial charge in [0.05, 0.1) is 17.9 Å². The monoisotopic (exact) mass is 334 g/mol. The number of aromatic amines is 1. The first-order chi connectivity index (χ1) is 11.3. The minimum Gasteiger partial charge on any atom is -0.359 e. The van der Waals surface area contributed by atoms with Crippen molar-refractivity contribution in [3.05, 3.63) is 33.2 Å². The number of hydrogen-bond donors (Lipinski definition) is 1. The summed E-state index contributed by atoms with van der Waals surface area (Å²) in [4.78, 5) is 13.9. The number of fused-ring (bicyclic) bond motifs is 1. The van der Waals surface area contributed by atoms with Crippen LogP contribution < -0.4 is 10.5 Å². The van der Waals surface area contributed by atoms with E-state index in [1.807, 2.05) is 0 Å². The molecule has 2 aliphatic rings. The Balaban J connectivity index is 1.73. The van der Waals surface area contributed by atoms with E-state index in [1.165, 1.54) is 12.8 Å². The molecule has 7 nitrogen and oxygen atoms in total. The topological polar surface area (TPSA) is 79.7 Å². The zero-order valence-corrected chi connectivity index (χ0v) is 13.6. The Kier molecular flexibility index (Phi) is 3.80. The predicted molar refractivity (Wildman–Crippen MR) is 86.8 cm³/mol. The Labute approximate surface area is 138 Å². The zero-order valence-electron chi connectivity index (χ0n) is 12.8. The molecule has 0 saturated carbocycles. The zero-order chi connectivity index (χ0) is 15.8. The molecule has 1 saturated heterocycles. The standard InChI is InChI=1S/C15H19ClN6O/c16-13-11(9-17-20-15(13)23)21-8-4-5-10(21)14-19-18-12-6-2-1-3-7-22(12)14/h9-10H,1-8H2,(H,20,23)/t10-/m0/s1. The molecule has 2 aliphatic heterocycles. The van der Waals surface area contributed by atoms with Gasteiger partial charge in [-0.25, -0.2) is 5.10 Å². The summed E-state index contributed by atoms with van der Waals surface area (Å²) in [5.74, 6) is 2.08. The molecule has 8 heteroatoms. The van der Waals surface area contributed by atoms with Crippen molar-refractivity contribution in [1.29, 1.82) is 0 Å². The summed E-state index contributed by atoms with van der Waals surface area (Å²) < 4.78 is 2.27. The Morgan fingerprint density at radius 1 is 1.17 bits per heavy atom. The number of nitrogens with zero attached hydrogens (tertiary/aromatic N) is 5. The average Bonchev–Trinajstić information content (AvgIpc) is 3.11. The van der Waals surface area contributed by atoms with E-state index in [0.717, 1.165) is 50.4 Å². The van der Waals surface area contributed by atoms with Gasteiger partial charge in [0, 0.05) is 19.5 Å². The van der Waals surface area contributed by atoms with Crippen molar-refractivity contribution in [2.75, 3.05) is 11.4 Å². The lowest BCUT2D eigenvalue weighted by atomic mass is 10.2. The number of aryl methyl sites for hydroxylation is 1. The third kappa shape index (κ3) is 2.52. The molecule has 0 unspecified atom stereocenters. The third-order valence-electron chi connectivity index (χ3n) is 4.78. The fourth-order valence-corrected chi connectivity index (χ4v) is 3.85. The van der Waals surface area contributed by atoms with Crippen LogP contribution in [0.4, 0.5) is 5.69 Å². The number of halogens is 1. The summed E-state index contributed by atoms with van der Waals surface area (Å²) in [7, 11) is 0. The van der Waals surface area contributed by atoms with E-state index in [9.17, 15) is 4.79 Å². The van der Waals surface area contributed by atoms with Crippen LogP contribution in [-0.4, -0.2) is 31.5 Å². The molecule has 23 heavy (non-hydrogen) atoms. The summed E-state index contributed by atoms with van der Waals surface area (Å²) in [6.45, 7) is 1.82. The number of aromatic nitrogens is 5. The molecule has 1 N–H and O–H groups in total. The average molecular weight is 335 g/mol. The molecule has 2 aromatic rings. The van der Waals surface area contributed by atoms with Crippen LogP contribution in [0.1, 0.15) is 49.8 Å². The molecule has 0 aliphatic carbocycles. The molecule has 0 radical (unpaired) electrons. The van der Waals surface area contributed by atoms with Gasteiger partial charge in [-0.3, -0.25) is 4.79 Å². The van der Waals surface area contributed by atoms with Gasteiger partial charge in [0.25, 0.3) is 5.56 Å². The Morgan fingerprint density at radius 2 is 2.09 bits per heavy atom. The molecule has 0 spiro atoms. The summed E-state index contributed by atoms with van der Waals surface area (Å²) in [6.07, 6.45) is 8.22. The van der Waals surface area contributed by atoms with E-state index < -0.39 is 0 Å². The number of anilines is 1. The van der Waals surface area contributed by atoms with Gasteiger partial charge in [-0.15, -0.1) is 10.2 Å². The molecule has 1 atom stereocenters. The molecular weight excluding hydrogens is 316 g/mol. The van der Waals surface area contributed by atoms with Gasteiger partial charge in [-0.1, -0.05) is 18.0 Å². The van der Waals surface area contributed by atoms with Crippen molar-refractivity contribution in [2.24, 2.45) is 0 Å². The Morgan fingerprint density at radius 3 is 3.00 bits per heavy atom. The molecular formula is C15H19ClN6O. The highest BCUT2D eigenvalue weighted by molar-refractivity contribution is 6.33. The number of H-pyrrole nitrogens is 1. The summed E-state index contributed by atoms with van der Waals surface area (Å²) in [5.41, 5.74) is 0.332. The smallest absolute Gasteiger partial charge is 0.285 e. The first kappa shape index (κ1) is 14.7. The molecule has 0 aromatic carbocycles. The number of hydrogen-bond acceptors (Lipinski definition) is 5. The van der Waals surface area contributed by atoms with Crippen LogP contribution in [0, 0.1) is 0 Å². The van der Waals surface area contributed by atoms with Crippen LogP contribution in [0.2, 0.25) is 5.02 Å². The van der Waals surface area contributed by atoms with Crippen molar-refractivity contribution in [2.45, 2.75) is 51.1 Å². The summed E-state index contributed by atoms with van der Waals surface area (Å²) in [6, 6.07) is 0.107. The van der Waals surface area contributed by atoms with Gasteiger partial charge < -0.3 is 9.47 Å². The largest absolute Gasteiger partial charge is 0.359 e. The van der Waals surface area contributed by atoms with Gasteiger partial charge in [0.2, 0.25) is 0 Å². The SMILES string of the molecule is O=c1[nH]ncc(N2CCC[C@H]2c2nnc3n2CCCCC3)c1Cl. The number of rotatable bonds is 2. The second-order valence-electron chi connectivity index (χ2n) is 6.19. The van der Waals surface area contributed by atoms with Crippen LogP contribution in [-0.2, 0) is 13.0 Å². The molecule has 122 valence electrons. The maximum Gasteiger partial charge on any atom is 0.285 e. The summed E-state index contributed by atoms with van der Waals surface area (Å²) in [5, 5.41) is 15.3. The van der Waals surface area contributed by atoms with E-state index in [1.54, 1.807) is 6.20 Å². The van der Waals surface area contributed by atoms with Crippen molar-refractivity contribution in [1.82, 2.24) is 25.0 Å². The van der Waals surface area contributed by atoms with Crippen molar-refractivity contribution >= 4 is 17.3 Å². The fourth-order valence-electron chi connectivity index (χ4n) is 3.65. The normalized spacial score (nSPS) is 21.3. The minimum absolute atomic E-state index is 0.107. The summed E-state index contributed by atoms with van der Waals surface area (Å²) >= 11 is 6.20. The second-order valence-corrected chi connectivity index (χ2v) is 6.56. The molecule has 4 rings (SSSR count). The van der Waals surface area contributed by atoms with Crippen LogP contribution in [0.15, 0.2) is 11.0 Å². The highest BCUT2D eigenvalue weighted by atomic mass is 35.5. The quantitative estimate of drug-likeness (QED) is 0.909. The van der Waals surface area contributed by atoms with Gasteiger partial charge >= 0.3 is 0 Å². The van der Waals surface area contributed by atoms with Gasteiger partial charge in [0.1, 0.15) is 10.8 Å². The first-order valence-electron chi connectivity index (χ1n) is 8.17. The van der Waals surface area contributed by atoms with E-state index in [2.05, 4.69) is 29.9 Å². The van der Waals surface area contributed by atoms with Gasteiger partial charge in [-0.05, 0) is 25.7 Å².